The number of methoxy groups -OCH3 is 1. The van der Waals surface area contributed by atoms with Crippen LogP contribution in [0.25, 0.3) is 16.7 Å². The maximum absolute atomic E-state index is 10.5. The van der Waals surface area contributed by atoms with E-state index in [4.69, 9.17) is 16.3 Å². The van der Waals surface area contributed by atoms with Crippen LogP contribution in [0.1, 0.15) is 18.9 Å². The molecule has 1 N–H and O–H groups in total. The molecule has 0 spiro atoms. The number of aromatic nitrogens is 3. The lowest BCUT2D eigenvalue weighted by Crippen LogP contribution is -2.02. The third kappa shape index (κ3) is 4.02. The first-order chi connectivity index (χ1) is 12.1. The third-order valence-electron chi connectivity index (χ3n) is 3.85. The van der Waals surface area contributed by atoms with E-state index in [1.165, 1.54) is 4.80 Å². The highest BCUT2D eigenvalue weighted by Gasteiger charge is 2.15. The number of aryl methyl sites for hydroxylation is 1. The maximum Gasteiger partial charge on any atom is 0.185 e. The minimum Gasteiger partial charge on any atom is -0.503 e. The van der Waals surface area contributed by atoms with Crippen molar-refractivity contribution in [3.63, 3.8) is 0 Å². The molecule has 0 fully saturated rings. The number of hydrogen-bond acceptors (Lipinski definition) is 5. The molecule has 25 heavy (non-hydrogen) atoms. The first-order valence-corrected chi connectivity index (χ1v) is 9.66. The normalized spacial score (nSPS) is 11.2. The molecule has 1 aromatic heterocycles. The van der Waals surface area contributed by atoms with E-state index in [-0.39, 0.29) is 5.75 Å². The van der Waals surface area contributed by atoms with Gasteiger partial charge in [-0.1, -0.05) is 18.5 Å². The molecule has 3 rings (SSSR count). The summed E-state index contributed by atoms with van der Waals surface area (Å²) in [5.74, 6) is 2.68. The average Bonchev–Trinajstić information content (AvgIpc) is 3.02. The number of nitrogens with zero attached hydrogens (tertiary/aromatic N) is 3. The molecule has 0 saturated heterocycles. The van der Waals surface area contributed by atoms with Gasteiger partial charge in [0.15, 0.2) is 11.5 Å². The van der Waals surface area contributed by atoms with Crippen LogP contribution in [0, 0.1) is 0 Å². The van der Waals surface area contributed by atoms with E-state index in [0.29, 0.717) is 27.5 Å². The summed E-state index contributed by atoms with van der Waals surface area (Å²) in [7, 11) is 1.54. The molecule has 5 nitrogen and oxygen atoms in total. The van der Waals surface area contributed by atoms with Crippen molar-refractivity contribution in [2.24, 2.45) is 0 Å². The summed E-state index contributed by atoms with van der Waals surface area (Å²) in [4.78, 5) is 1.43. The Morgan fingerprint density at radius 1 is 1.20 bits per heavy atom. The number of benzene rings is 2. The van der Waals surface area contributed by atoms with Gasteiger partial charge in [-0.15, -0.1) is 15.0 Å². The second-order valence-corrected chi connectivity index (χ2v) is 7.42. The van der Waals surface area contributed by atoms with E-state index in [1.807, 2.05) is 23.9 Å². The standard InChI is InChI=1S/C18H20ClN3O2S/c1-3-25-8-4-5-12-9-16(18(23)17(10-12)24-2)22-20-14-7-6-13(19)11-15(14)21-22/h6-7,9-11,23H,3-5,8H2,1-2H3. The quantitative estimate of drug-likeness (QED) is 0.615. The van der Waals surface area contributed by atoms with Crippen molar-refractivity contribution in [1.82, 2.24) is 15.0 Å². The topological polar surface area (TPSA) is 60.2 Å². The van der Waals surface area contributed by atoms with Crippen molar-refractivity contribution in [2.45, 2.75) is 19.8 Å². The van der Waals surface area contributed by atoms with Gasteiger partial charge >= 0.3 is 0 Å². The molecule has 0 amide bonds. The molecule has 0 bridgehead atoms. The smallest absolute Gasteiger partial charge is 0.185 e. The SMILES string of the molecule is CCSCCCc1cc(OC)c(O)c(-n2nc3ccc(Cl)cc3n2)c1. The van der Waals surface area contributed by atoms with E-state index < -0.39 is 0 Å². The lowest BCUT2D eigenvalue weighted by molar-refractivity contribution is 0.370. The Kier molecular flexibility index (Phi) is 5.71. The molecule has 0 atom stereocenters. The Balaban J connectivity index is 1.97. The van der Waals surface area contributed by atoms with Crippen LogP contribution < -0.4 is 4.74 Å². The summed E-state index contributed by atoms with van der Waals surface area (Å²) in [5.41, 5.74) is 2.98. The molecule has 2 aromatic carbocycles. The van der Waals surface area contributed by atoms with Gasteiger partial charge in [-0.05, 0) is 60.2 Å². The Hall–Kier alpha value is -1.92. The number of ether oxygens (including phenoxy) is 1. The average molecular weight is 378 g/mol. The van der Waals surface area contributed by atoms with Crippen molar-refractivity contribution < 1.29 is 9.84 Å². The van der Waals surface area contributed by atoms with Crippen molar-refractivity contribution >= 4 is 34.4 Å². The van der Waals surface area contributed by atoms with E-state index in [9.17, 15) is 5.11 Å². The lowest BCUT2D eigenvalue weighted by atomic mass is 10.1. The van der Waals surface area contributed by atoms with Crippen molar-refractivity contribution in [2.75, 3.05) is 18.6 Å². The van der Waals surface area contributed by atoms with Crippen molar-refractivity contribution in [3.8, 4) is 17.2 Å². The minimum atomic E-state index is 0.0283. The summed E-state index contributed by atoms with van der Waals surface area (Å²) < 4.78 is 5.32. The lowest BCUT2D eigenvalue weighted by Gasteiger charge is -2.11. The molecule has 0 saturated carbocycles. The highest BCUT2D eigenvalue weighted by Crippen LogP contribution is 2.34. The molecule has 0 aliphatic heterocycles. The zero-order chi connectivity index (χ0) is 17.8. The number of fused-ring (bicyclic) bond motifs is 1. The van der Waals surface area contributed by atoms with Crippen LogP contribution in [0.4, 0.5) is 0 Å². The molecule has 0 aliphatic rings. The molecular formula is C18H20ClN3O2S. The van der Waals surface area contributed by atoms with Gasteiger partial charge in [0.25, 0.3) is 0 Å². The number of phenols is 1. The van der Waals surface area contributed by atoms with Crippen LogP contribution in [0.2, 0.25) is 5.02 Å². The van der Waals surface area contributed by atoms with Crippen LogP contribution in [0.15, 0.2) is 30.3 Å². The highest BCUT2D eigenvalue weighted by molar-refractivity contribution is 7.99. The molecule has 0 radical (unpaired) electrons. The predicted octanol–water partition coefficient (Wildman–Crippen LogP) is 4.47. The van der Waals surface area contributed by atoms with E-state index >= 15 is 0 Å². The van der Waals surface area contributed by atoms with Gasteiger partial charge in [0, 0.05) is 5.02 Å². The number of aromatic hydroxyl groups is 1. The number of hydrogen-bond donors (Lipinski definition) is 1. The summed E-state index contributed by atoms with van der Waals surface area (Å²) in [6, 6.07) is 9.11. The Morgan fingerprint density at radius 3 is 2.76 bits per heavy atom. The van der Waals surface area contributed by atoms with Gasteiger partial charge in [0.1, 0.15) is 16.7 Å². The minimum absolute atomic E-state index is 0.0283. The van der Waals surface area contributed by atoms with Crippen LogP contribution in [-0.2, 0) is 6.42 Å². The molecule has 0 aliphatic carbocycles. The Morgan fingerprint density at radius 2 is 2.00 bits per heavy atom. The zero-order valence-electron chi connectivity index (χ0n) is 14.2. The van der Waals surface area contributed by atoms with Crippen LogP contribution in [0.3, 0.4) is 0 Å². The monoisotopic (exact) mass is 377 g/mol. The van der Waals surface area contributed by atoms with Crippen molar-refractivity contribution in [1.29, 1.82) is 0 Å². The fourth-order valence-electron chi connectivity index (χ4n) is 2.62. The van der Waals surface area contributed by atoms with Gasteiger partial charge < -0.3 is 9.84 Å². The Labute approximate surface area is 155 Å². The molecule has 132 valence electrons. The van der Waals surface area contributed by atoms with Gasteiger partial charge in [-0.25, -0.2) is 0 Å². The fraction of sp³-hybridized carbons (Fsp3) is 0.333. The number of thioether (sulfide) groups is 1. The first-order valence-electron chi connectivity index (χ1n) is 8.13. The van der Waals surface area contributed by atoms with Crippen LogP contribution >= 0.6 is 23.4 Å². The van der Waals surface area contributed by atoms with Gasteiger partial charge in [0.2, 0.25) is 0 Å². The summed E-state index contributed by atoms with van der Waals surface area (Å²) in [6.45, 7) is 2.16. The highest BCUT2D eigenvalue weighted by atomic mass is 35.5. The third-order valence-corrected chi connectivity index (χ3v) is 5.07. The van der Waals surface area contributed by atoms with Gasteiger partial charge in [-0.2, -0.15) is 11.8 Å². The fourth-order valence-corrected chi connectivity index (χ4v) is 3.42. The molecular weight excluding hydrogens is 358 g/mol. The first kappa shape index (κ1) is 17.9. The zero-order valence-corrected chi connectivity index (χ0v) is 15.8. The second kappa shape index (κ2) is 7.97. The summed E-state index contributed by atoms with van der Waals surface area (Å²) in [5, 5.41) is 20.0. The summed E-state index contributed by atoms with van der Waals surface area (Å²) >= 11 is 7.93. The summed E-state index contributed by atoms with van der Waals surface area (Å²) in [6.07, 6.45) is 1.97. The van der Waals surface area contributed by atoms with Crippen molar-refractivity contribution in [3.05, 3.63) is 40.9 Å². The molecule has 3 aromatic rings. The number of rotatable bonds is 7. The van der Waals surface area contributed by atoms with Gasteiger partial charge in [-0.3, -0.25) is 0 Å². The molecule has 0 unspecified atom stereocenters. The second-order valence-electron chi connectivity index (χ2n) is 5.59. The molecule has 7 heteroatoms. The molecule has 1 heterocycles. The van der Waals surface area contributed by atoms with Crippen LogP contribution in [0.5, 0.6) is 11.5 Å². The predicted molar refractivity (Wildman–Crippen MR) is 103 cm³/mol. The maximum atomic E-state index is 10.5. The van der Waals surface area contributed by atoms with E-state index in [1.54, 1.807) is 25.3 Å². The van der Waals surface area contributed by atoms with E-state index in [2.05, 4.69) is 17.1 Å². The van der Waals surface area contributed by atoms with E-state index in [0.717, 1.165) is 29.9 Å². The van der Waals surface area contributed by atoms with Gasteiger partial charge in [0.05, 0.1) is 7.11 Å². The number of phenolic OH excluding ortho intramolecular Hbond substituents is 1. The van der Waals surface area contributed by atoms with Crippen LogP contribution in [-0.4, -0.2) is 38.7 Å². The number of halogens is 1. The largest absolute Gasteiger partial charge is 0.503 e. The Bertz CT molecular complexity index is 882.